The molecule has 0 heterocycles. The molecule has 3 rings (SSSR count). The Hall–Kier alpha value is -3.07. The van der Waals surface area contributed by atoms with Crippen molar-refractivity contribution in [2.75, 3.05) is 10.8 Å². The van der Waals surface area contributed by atoms with E-state index >= 15 is 0 Å². The maximum atomic E-state index is 14.0. The molecule has 0 saturated heterocycles. The molecule has 7 nitrogen and oxygen atoms in total. The Morgan fingerprint density at radius 3 is 2.08 bits per heavy atom. The highest BCUT2D eigenvalue weighted by Crippen LogP contribution is 2.29. The van der Waals surface area contributed by atoms with Gasteiger partial charge in [0.1, 0.15) is 12.6 Å². The van der Waals surface area contributed by atoms with Crippen LogP contribution in [0.15, 0.2) is 65.6 Å². The Bertz CT molecular complexity index is 1490. The molecule has 0 aromatic heterocycles. The van der Waals surface area contributed by atoms with Gasteiger partial charge in [-0.05, 0) is 83.0 Å². The lowest BCUT2D eigenvalue weighted by Gasteiger charge is -2.33. The number of anilines is 1. The van der Waals surface area contributed by atoms with Gasteiger partial charge in [-0.3, -0.25) is 13.9 Å². The van der Waals surface area contributed by atoms with Crippen LogP contribution in [0, 0.1) is 20.8 Å². The van der Waals surface area contributed by atoms with Crippen LogP contribution in [0.5, 0.6) is 0 Å². The normalized spacial score (nSPS) is 12.2. The minimum atomic E-state index is -4.14. The fourth-order valence-corrected chi connectivity index (χ4v) is 6.20. The van der Waals surface area contributed by atoms with Crippen LogP contribution in [0.3, 0.4) is 0 Å². The molecule has 40 heavy (non-hydrogen) atoms. The fourth-order valence-electron chi connectivity index (χ4n) is 4.26. The number of carbonyl (C=O) groups excluding carboxylic acids is 2. The van der Waals surface area contributed by atoms with Gasteiger partial charge < -0.3 is 10.2 Å². The standard InChI is InChI=1S/C30H35Cl2N3O4S/c1-19(2)33-30(37)23(6)34(17-24-10-11-25(31)16-27(24)32)29(36)18-35(28-14-9-21(4)15-22(28)5)40(38,39)26-12-7-20(3)8-13-26/h7-16,19,23H,17-18H2,1-6H3,(H,33,37). The maximum Gasteiger partial charge on any atom is 0.264 e. The highest BCUT2D eigenvalue weighted by atomic mass is 35.5. The molecule has 0 aliphatic carbocycles. The summed E-state index contributed by atoms with van der Waals surface area (Å²) in [6.45, 7) is 10.3. The summed E-state index contributed by atoms with van der Waals surface area (Å²) in [5.41, 5.74) is 3.51. The van der Waals surface area contributed by atoms with Crippen LogP contribution in [0.25, 0.3) is 0 Å². The highest BCUT2D eigenvalue weighted by Gasteiger charge is 2.33. The quantitative estimate of drug-likeness (QED) is 0.305. The lowest BCUT2D eigenvalue weighted by molar-refractivity contribution is -0.139. The molecule has 0 radical (unpaired) electrons. The molecular weight excluding hydrogens is 569 g/mol. The lowest BCUT2D eigenvalue weighted by Crippen LogP contribution is -2.52. The zero-order valence-electron chi connectivity index (χ0n) is 23.5. The van der Waals surface area contributed by atoms with Gasteiger partial charge in [0.15, 0.2) is 0 Å². The number of halogens is 2. The van der Waals surface area contributed by atoms with Crippen LogP contribution >= 0.6 is 23.2 Å². The first-order valence-corrected chi connectivity index (χ1v) is 15.1. The van der Waals surface area contributed by atoms with Crippen LogP contribution in [-0.2, 0) is 26.2 Å². The Morgan fingerprint density at radius 2 is 1.50 bits per heavy atom. The van der Waals surface area contributed by atoms with Crippen molar-refractivity contribution in [3.8, 4) is 0 Å². The summed E-state index contributed by atoms with van der Waals surface area (Å²) in [6, 6.07) is 15.6. The summed E-state index contributed by atoms with van der Waals surface area (Å²) < 4.78 is 29.1. The monoisotopic (exact) mass is 603 g/mol. The molecule has 0 aliphatic heterocycles. The topological polar surface area (TPSA) is 86.8 Å². The predicted molar refractivity (Wildman–Crippen MR) is 161 cm³/mol. The van der Waals surface area contributed by atoms with E-state index < -0.39 is 28.5 Å². The van der Waals surface area contributed by atoms with Crippen molar-refractivity contribution < 1.29 is 18.0 Å². The average molecular weight is 605 g/mol. The van der Waals surface area contributed by atoms with Crippen molar-refractivity contribution in [3.63, 3.8) is 0 Å². The van der Waals surface area contributed by atoms with Crippen molar-refractivity contribution in [2.24, 2.45) is 0 Å². The van der Waals surface area contributed by atoms with Crippen LogP contribution < -0.4 is 9.62 Å². The Balaban J connectivity index is 2.09. The van der Waals surface area contributed by atoms with Crippen LogP contribution in [0.1, 0.15) is 43.0 Å². The van der Waals surface area contributed by atoms with E-state index in [1.807, 2.05) is 33.8 Å². The molecule has 0 saturated carbocycles. The number of nitrogens with one attached hydrogen (secondary N) is 1. The van der Waals surface area contributed by atoms with E-state index in [0.717, 1.165) is 15.4 Å². The van der Waals surface area contributed by atoms with E-state index in [4.69, 9.17) is 23.2 Å². The molecule has 10 heteroatoms. The molecule has 1 atom stereocenters. The Kier molecular flexibility index (Phi) is 10.3. The predicted octanol–water partition coefficient (Wildman–Crippen LogP) is 6.06. The summed E-state index contributed by atoms with van der Waals surface area (Å²) in [7, 11) is -4.14. The van der Waals surface area contributed by atoms with Crippen molar-refractivity contribution >= 4 is 50.7 Å². The Labute approximate surface area is 247 Å². The zero-order chi connectivity index (χ0) is 29.8. The number of rotatable bonds is 10. The van der Waals surface area contributed by atoms with Crippen molar-refractivity contribution in [1.29, 1.82) is 0 Å². The van der Waals surface area contributed by atoms with Gasteiger partial charge in [0, 0.05) is 22.6 Å². The van der Waals surface area contributed by atoms with Crippen LogP contribution in [0.2, 0.25) is 10.0 Å². The van der Waals surface area contributed by atoms with Gasteiger partial charge in [0.25, 0.3) is 10.0 Å². The summed E-state index contributed by atoms with van der Waals surface area (Å²) in [5.74, 6) is -0.930. The van der Waals surface area contributed by atoms with Crippen molar-refractivity contribution in [2.45, 2.75) is 65.1 Å². The van der Waals surface area contributed by atoms with Gasteiger partial charge in [0.2, 0.25) is 11.8 Å². The number of hydrogen-bond acceptors (Lipinski definition) is 4. The number of sulfonamides is 1. The maximum absolute atomic E-state index is 14.0. The summed E-state index contributed by atoms with van der Waals surface area (Å²) in [4.78, 5) is 28.5. The number of benzene rings is 3. The molecule has 0 fully saturated rings. The summed E-state index contributed by atoms with van der Waals surface area (Å²) in [5, 5.41) is 3.60. The third-order valence-electron chi connectivity index (χ3n) is 6.46. The molecule has 0 spiro atoms. The fraction of sp³-hybridized carbons (Fsp3) is 0.333. The Morgan fingerprint density at radius 1 is 0.875 bits per heavy atom. The van der Waals surface area contributed by atoms with Gasteiger partial charge in [0.05, 0.1) is 10.6 Å². The molecule has 2 amide bonds. The van der Waals surface area contributed by atoms with Crippen LogP contribution in [0.4, 0.5) is 5.69 Å². The summed E-state index contributed by atoms with van der Waals surface area (Å²) in [6.07, 6.45) is 0. The molecule has 3 aromatic rings. The van der Waals surface area contributed by atoms with Crippen molar-refractivity contribution in [1.82, 2.24) is 10.2 Å². The second-order valence-electron chi connectivity index (χ2n) is 10.2. The van der Waals surface area contributed by atoms with Crippen LogP contribution in [-0.4, -0.2) is 43.8 Å². The van der Waals surface area contributed by atoms with Crippen molar-refractivity contribution in [3.05, 3.63) is 93.0 Å². The second-order valence-corrected chi connectivity index (χ2v) is 12.9. The summed E-state index contributed by atoms with van der Waals surface area (Å²) >= 11 is 12.5. The van der Waals surface area contributed by atoms with Gasteiger partial charge in [-0.2, -0.15) is 0 Å². The number of hydrogen-bond donors (Lipinski definition) is 1. The third kappa shape index (κ3) is 7.56. The van der Waals surface area contributed by atoms with E-state index in [9.17, 15) is 18.0 Å². The van der Waals surface area contributed by atoms with E-state index in [1.165, 1.54) is 17.0 Å². The number of aryl methyl sites for hydroxylation is 3. The SMILES string of the molecule is Cc1ccc(S(=O)(=O)N(CC(=O)N(Cc2ccc(Cl)cc2Cl)C(C)C(=O)NC(C)C)c2ccc(C)cc2C)cc1. The number of nitrogens with zero attached hydrogens (tertiary/aromatic N) is 2. The highest BCUT2D eigenvalue weighted by molar-refractivity contribution is 7.92. The van der Waals surface area contributed by atoms with E-state index in [-0.39, 0.29) is 23.4 Å². The molecule has 3 aromatic carbocycles. The van der Waals surface area contributed by atoms with Gasteiger partial charge in [-0.25, -0.2) is 8.42 Å². The molecule has 1 N–H and O–H groups in total. The van der Waals surface area contributed by atoms with E-state index in [2.05, 4.69) is 5.32 Å². The molecule has 0 bridgehead atoms. The zero-order valence-corrected chi connectivity index (χ0v) is 25.9. The third-order valence-corrected chi connectivity index (χ3v) is 8.82. The largest absolute Gasteiger partial charge is 0.352 e. The van der Waals surface area contributed by atoms with Gasteiger partial charge >= 0.3 is 0 Å². The first kappa shape index (κ1) is 31.5. The molecule has 0 aliphatic rings. The first-order valence-electron chi connectivity index (χ1n) is 12.9. The average Bonchev–Trinajstić information content (AvgIpc) is 2.86. The van der Waals surface area contributed by atoms with E-state index in [1.54, 1.807) is 56.3 Å². The van der Waals surface area contributed by atoms with E-state index in [0.29, 0.717) is 26.9 Å². The smallest absolute Gasteiger partial charge is 0.264 e. The minimum Gasteiger partial charge on any atom is -0.352 e. The molecule has 1 unspecified atom stereocenters. The van der Waals surface area contributed by atoms with Gasteiger partial charge in [-0.1, -0.05) is 64.7 Å². The lowest BCUT2D eigenvalue weighted by atomic mass is 10.1. The molecular formula is C30H35Cl2N3O4S. The minimum absolute atomic E-state index is 0.0210. The number of amides is 2. The first-order chi connectivity index (χ1) is 18.7. The second kappa shape index (κ2) is 13.1. The number of carbonyl (C=O) groups is 2. The van der Waals surface area contributed by atoms with Gasteiger partial charge in [-0.15, -0.1) is 0 Å². The molecule has 214 valence electrons.